The van der Waals surface area contributed by atoms with E-state index in [1.54, 1.807) is 0 Å². The molecule has 1 aromatic heterocycles. The Morgan fingerprint density at radius 1 is 1.33 bits per heavy atom. The summed E-state index contributed by atoms with van der Waals surface area (Å²) in [5.74, 6) is 2.86. The molecule has 1 fully saturated rings. The number of fused-ring (bicyclic) bond motifs is 1. The molecule has 1 unspecified atom stereocenters. The highest BCUT2D eigenvalue weighted by Crippen LogP contribution is 2.38. The molecule has 1 aromatic carbocycles. The highest BCUT2D eigenvalue weighted by molar-refractivity contribution is 5.45. The van der Waals surface area contributed by atoms with Crippen LogP contribution in [0.4, 0.5) is 0 Å². The van der Waals surface area contributed by atoms with Gasteiger partial charge in [0.2, 0.25) is 0 Å². The lowest BCUT2D eigenvalue weighted by Gasteiger charge is -2.12. The summed E-state index contributed by atoms with van der Waals surface area (Å²) in [4.78, 5) is 4.40. The van der Waals surface area contributed by atoms with Crippen molar-refractivity contribution in [2.45, 2.75) is 44.2 Å². The third-order valence-electron chi connectivity index (χ3n) is 4.35. The molecule has 21 heavy (non-hydrogen) atoms. The summed E-state index contributed by atoms with van der Waals surface area (Å²) >= 11 is 0. The van der Waals surface area contributed by atoms with Gasteiger partial charge in [-0.05, 0) is 49.9 Å². The van der Waals surface area contributed by atoms with Crippen LogP contribution >= 0.6 is 0 Å². The molecule has 5 heteroatoms. The molecule has 110 valence electrons. The molecule has 5 nitrogen and oxygen atoms in total. The molecule has 1 N–H and O–H groups in total. The summed E-state index contributed by atoms with van der Waals surface area (Å²) in [5.41, 5.74) is 2.65. The number of rotatable bonds is 5. The average molecular weight is 285 g/mol. The molecule has 4 rings (SSSR count). The predicted molar refractivity (Wildman–Crippen MR) is 77.2 cm³/mol. The number of ether oxygens (including phenoxy) is 1. The summed E-state index contributed by atoms with van der Waals surface area (Å²) in [5, 5.41) is 7.36. The van der Waals surface area contributed by atoms with Crippen molar-refractivity contribution >= 4 is 0 Å². The SMILES string of the molecule is CNC1CCc2c(OCc3nc(C4CC4)no3)cccc21. The highest BCUT2D eigenvalue weighted by atomic mass is 16.5. The molecule has 0 bridgehead atoms. The van der Waals surface area contributed by atoms with Gasteiger partial charge in [-0.3, -0.25) is 0 Å². The molecule has 0 aliphatic heterocycles. The first-order valence-electron chi connectivity index (χ1n) is 7.59. The first kappa shape index (κ1) is 12.8. The van der Waals surface area contributed by atoms with Gasteiger partial charge in [-0.25, -0.2) is 0 Å². The van der Waals surface area contributed by atoms with Crippen molar-refractivity contribution in [1.29, 1.82) is 0 Å². The molecule has 0 radical (unpaired) electrons. The van der Waals surface area contributed by atoms with Crippen molar-refractivity contribution in [3.05, 3.63) is 41.0 Å². The monoisotopic (exact) mass is 285 g/mol. The molecule has 2 aliphatic carbocycles. The Kier molecular flexibility index (Phi) is 3.15. The van der Waals surface area contributed by atoms with Crippen LogP contribution in [0.2, 0.25) is 0 Å². The number of benzene rings is 1. The van der Waals surface area contributed by atoms with Gasteiger partial charge in [-0.1, -0.05) is 17.3 Å². The molecule has 1 saturated carbocycles. The van der Waals surface area contributed by atoms with E-state index in [0.717, 1.165) is 24.4 Å². The summed E-state index contributed by atoms with van der Waals surface area (Å²) in [6.07, 6.45) is 4.53. The Balaban J connectivity index is 1.48. The Labute approximate surface area is 123 Å². The number of aromatic nitrogens is 2. The van der Waals surface area contributed by atoms with Gasteiger partial charge >= 0.3 is 0 Å². The maximum atomic E-state index is 5.92. The number of hydrogen-bond donors (Lipinski definition) is 1. The highest BCUT2D eigenvalue weighted by Gasteiger charge is 2.29. The number of hydrogen-bond acceptors (Lipinski definition) is 5. The van der Waals surface area contributed by atoms with Gasteiger partial charge in [0.25, 0.3) is 5.89 Å². The molecule has 2 aromatic rings. The smallest absolute Gasteiger partial charge is 0.264 e. The first-order chi connectivity index (χ1) is 10.3. The van der Waals surface area contributed by atoms with Crippen molar-refractivity contribution in [3.8, 4) is 5.75 Å². The van der Waals surface area contributed by atoms with Crippen LogP contribution in [0.5, 0.6) is 5.75 Å². The van der Waals surface area contributed by atoms with E-state index in [4.69, 9.17) is 9.26 Å². The zero-order valence-corrected chi connectivity index (χ0v) is 12.1. The van der Waals surface area contributed by atoms with Gasteiger partial charge in [-0.15, -0.1) is 0 Å². The van der Waals surface area contributed by atoms with E-state index < -0.39 is 0 Å². The fraction of sp³-hybridized carbons (Fsp3) is 0.500. The molecule has 2 aliphatic rings. The maximum absolute atomic E-state index is 5.92. The zero-order valence-electron chi connectivity index (χ0n) is 12.1. The molecule has 0 saturated heterocycles. The van der Waals surface area contributed by atoms with Gasteiger partial charge in [-0.2, -0.15) is 4.98 Å². The molecular formula is C16H19N3O2. The topological polar surface area (TPSA) is 60.2 Å². The van der Waals surface area contributed by atoms with Gasteiger partial charge in [0, 0.05) is 12.0 Å². The summed E-state index contributed by atoms with van der Waals surface area (Å²) < 4.78 is 11.2. The maximum Gasteiger partial charge on any atom is 0.264 e. The molecule has 0 spiro atoms. The van der Waals surface area contributed by atoms with E-state index in [9.17, 15) is 0 Å². The molecule has 0 amide bonds. The number of nitrogens with zero attached hydrogens (tertiary/aromatic N) is 2. The minimum absolute atomic E-state index is 0.348. The lowest BCUT2D eigenvalue weighted by Crippen LogP contribution is -2.12. The van der Waals surface area contributed by atoms with E-state index in [2.05, 4.69) is 21.5 Å². The second-order valence-electron chi connectivity index (χ2n) is 5.81. The fourth-order valence-corrected chi connectivity index (χ4v) is 3.03. The van der Waals surface area contributed by atoms with Crippen LogP contribution in [0.1, 0.15) is 54.1 Å². The van der Waals surface area contributed by atoms with Crippen LogP contribution in [0.25, 0.3) is 0 Å². The Hall–Kier alpha value is -1.88. The molecule has 1 atom stereocenters. The minimum Gasteiger partial charge on any atom is -0.483 e. The fourth-order valence-electron chi connectivity index (χ4n) is 3.03. The first-order valence-corrected chi connectivity index (χ1v) is 7.59. The third-order valence-corrected chi connectivity index (χ3v) is 4.35. The lowest BCUT2D eigenvalue weighted by atomic mass is 10.1. The van der Waals surface area contributed by atoms with E-state index in [-0.39, 0.29) is 0 Å². The predicted octanol–water partition coefficient (Wildman–Crippen LogP) is 2.73. The van der Waals surface area contributed by atoms with Crippen molar-refractivity contribution in [2.24, 2.45) is 0 Å². The van der Waals surface area contributed by atoms with Gasteiger partial charge < -0.3 is 14.6 Å². The molecule has 1 heterocycles. The summed E-state index contributed by atoms with van der Waals surface area (Å²) in [7, 11) is 2.01. The van der Waals surface area contributed by atoms with Gasteiger partial charge in [0.1, 0.15) is 5.75 Å². The normalized spacial score (nSPS) is 20.5. The van der Waals surface area contributed by atoms with Crippen LogP contribution in [0, 0.1) is 0 Å². The Morgan fingerprint density at radius 2 is 2.24 bits per heavy atom. The standard InChI is InChI=1S/C16H19N3O2/c1-17-13-8-7-12-11(13)3-2-4-14(12)20-9-15-18-16(19-21-15)10-5-6-10/h2-4,10,13,17H,5-9H2,1H3. The van der Waals surface area contributed by atoms with Gasteiger partial charge in [0.15, 0.2) is 12.4 Å². The van der Waals surface area contributed by atoms with Crippen LogP contribution in [0.3, 0.4) is 0 Å². The zero-order chi connectivity index (χ0) is 14.2. The second-order valence-corrected chi connectivity index (χ2v) is 5.81. The lowest BCUT2D eigenvalue weighted by molar-refractivity contribution is 0.241. The minimum atomic E-state index is 0.348. The van der Waals surface area contributed by atoms with E-state index in [1.165, 1.54) is 24.0 Å². The van der Waals surface area contributed by atoms with Crippen LogP contribution in [-0.4, -0.2) is 17.2 Å². The van der Waals surface area contributed by atoms with Crippen LogP contribution in [0.15, 0.2) is 22.7 Å². The summed E-state index contributed by atoms with van der Waals surface area (Å²) in [6.45, 7) is 0.348. The third kappa shape index (κ3) is 2.42. The average Bonchev–Trinajstić information content (AvgIpc) is 3.11. The van der Waals surface area contributed by atoms with E-state index in [1.807, 2.05) is 19.2 Å². The Bertz CT molecular complexity index is 649. The largest absolute Gasteiger partial charge is 0.483 e. The van der Waals surface area contributed by atoms with Crippen molar-refractivity contribution < 1.29 is 9.26 Å². The van der Waals surface area contributed by atoms with Crippen molar-refractivity contribution in [2.75, 3.05) is 7.05 Å². The summed E-state index contributed by atoms with van der Waals surface area (Å²) in [6, 6.07) is 6.68. The second kappa shape index (κ2) is 5.15. The van der Waals surface area contributed by atoms with Crippen LogP contribution < -0.4 is 10.1 Å². The quantitative estimate of drug-likeness (QED) is 0.915. The van der Waals surface area contributed by atoms with E-state index in [0.29, 0.717) is 24.5 Å². The van der Waals surface area contributed by atoms with Crippen molar-refractivity contribution in [1.82, 2.24) is 15.5 Å². The van der Waals surface area contributed by atoms with Gasteiger partial charge in [0.05, 0.1) is 0 Å². The number of nitrogens with one attached hydrogen (secondary N) is 1. The molecular weight excluding hydrogens is 266 g/mol. The van der Waals surface area contributed by atoms with E-state index >= 15 is 0 Å². The Morgan fingerprint density at radius 3 is 3.05 bits per heavy atom. The van der Waals surface area contributed by atoms with Crippen LogP contribution in [-0.2, 0) is 13.0 Å². The van der Waals surface area contributed by atoms with Crippen molar-refractivity contribution in [3.63, 3.8) is 0 Å².